The molecule has 1 aliphatic heterocycles. The monoisotopic (exact) mass is 236 g/mol. The van der Waals surface area contributed by atoms with E-state index in [2.05, 4.69) is 11.9 Å². The van der Waals surface area contributed by atoms with Crippen LogP contribution in [0.3, 0.4) is 0 Å². The van der Waals surface area contributed by atoms with Crippen molar-refractivity contribution < 1.29 is 4.92 Å². The molecule has 0 aliphatic carbocycles. The zero-order valence-corrected chi connectivity index (χ0v) is 9.80. The molecule has 0 radical (unpaired) electrons. The highest BCUT2D eigenvalue weighted by molar-refractivity contribution is 5.61. The van der Waals surface area contributed by atoms with Gasteiger partial charge in [-0.05, 0) is 24.8 Å². The molecular formula is C11H16N4O2. The van der Waals surface area contributed by atoms with Gasteiger partial charge in [0.1, 0.15) is 5.82 Å². The summed E-state index contributed by atoms with van der Waals surface area (Å²) in [6.07, 6.45) is 2.07. The van der Waals surface area contributed by atoms with E-state index in [9.17, 15) is 10.1 Å². The lowest BCUT2D eigenvalue weighted by molar-refractivity contribution is -0.384. The summed E-state index contributed by atoms with van der Waals surface area (Å²) >= 11 is 0. The van der Waals surface area contributed by atoms with Gasteiger partial charge in [-0.3, -0.25) is 10.1 Å². The normalized spacial score (nSPS) is 17.1. The van der Waals surface area contributed by atoms with Crippen molar-refractivity contribution in [2.24, 2.45) is 5.92 Å². The van der Waals surface area contributed by atoms with Gasteiger partial charge in [0, 0.05) is 19.2 Å². The zero-order chi connectivity index (χ0) is 12.4. The van der Waals surface area contributed by atoms with Crippen molar-refractivity contribution in [1.82, 2.24) is 4.98 Å². The van der Waals surface area contributed by atoms with Crippen LogP contribution >= 0.6 is 0 Å². The van der Waals surface area contributed by atoms with Gasteiger partial charge in [-0.2, -0.15) is 0 Å². The van der Waals surface area contributed by atoms with E-state index >= 15 is 0 Å². The number of hydrogen-bond donors (Lipinski definition) is 1. The molecule has 6 nitrogen and oxygen atoms in total. The van der Waals surface area contributed by atoms with Crippen LogP contribution in [0.4, 0.5) is 17.3 Å². The van der Waals surface area contributed by atoms with E-state index in [0.29, 0.717) is 17.6 Å². The number of rotatable bonds is 2. The molecule has 2 N–H and O–H groups in total. The van der Waals surface area contributed by atoms with E-state index in [0.717, 1.165) is 25.9 Å². The summed E-state index contributed by atoms with van der Waals surface area (Å²) in [5, 5.41) is 10.9. The van der Waals surface area contributed by atoms with Crippen LogP contribution in [0.5, 0.6) is 0 Å². The molecule has 1 aliphatic rings. The van der Waals surface area contributed by atoms with Gasteiger partial charge in [0.05, 0.1) is 4.92 Å². The number of aromatic nitrogens is 1. The van der Waals surface area contributed by atoms with Gasteiger partial charge in [-0.15, -0.1) is 0 Å². The van der Waals surface area contributed by atoms with Crippen molar-refractivity contribution in [2.45, 2.75) is 19.8 Å². The third-order valence-corrected chi connectivity index (χ3v) is 3.16. The van der Waals surface area contributed by atoms with Crippen molar-refractivity contribution in [2.75, 3.05) is 23.7 Å². The fraction of sp³-hybridized carbons (Fsp3) is 0.545. The average molecular weight is 236 g/mol. The minimum absolute atomic E-state index is 0.0359. The van der Waals surface area contributed by atoms with Gasteiger partial charge in [-0.25, -0.2) is 4.98 Å². The summed E-state index contributed by atoms with van der Waals surface area (Å²) in [6, 6.07) is 2.89. The molecule has 0 spiro atoms. The van der Waals surface area contributed by atoms with E-state index in [-0.39, 0.29) is 5.69 Å². The van der Waals surface area contributed by atoms with Crippen LogP contribution in [0.1, 0.15) is 19.8 Å². The minimum atomic E-state index is -0.403. The molecule has 17 heavy (non-hydrogen) atoms. The predicted octanol–water partition coefficient (Wildman–Crippen LogP) is 1.81. The second-order valence-electron chi connectivity index (χ2n) is 4.51. The van der Waals surface area contributed by atoms with Crippen LogP contribution in [-0.4, -0.2) is 23.0 Å². The molecule has 92 valence electrons. The van der Waals surface area contributed by atoms with E-state index in [1.807, 2.05) is 4.90 Å². The summed E-state index contributed by atoms with van der Waals surface area (Å²) in [5.41, 5.74) is 5.64. The van der Waals surface area contributed by atoms with Crippen LogP contribution in [0.15, 0.2) is 12.1 Å². The molecule has 1 aromatic rings. The predicted molar refractivity (Wildman–Crippen MR) is 65.9 cm³/mol. The lowest BCUT2D eigenvalue weighted by Gasteiger charge is -2.30. The number of pyridine rings is 1. The molecule has 1 aromatic heterocycles. The quantitative estimate of drug-likeness (QED) is 0.625. The number of piperidine rings is 1. The van der Waals surface area contributed by atoms with E-state index in [1.54, 1.807) is 0 Å². The van der Waals surface area contributed by atoms with Gasteiger partial charge < -0.3 is 10.6 Å². The molecule has 0 atom stereocenters. The third kappa shape index (κ3) is 2.46. The Bertz CT molecular complexity index is 427. The summed E-state index contributed by atoms with van der Waals surface area (Å²) in [6.45, 7) is 3.80. The molecule has 0 unspecified atom stereocenters. The van der Waals surface area contributed by atoms with Crippen molar-refractivity contribution in [1.29, 1.82) is 0 Å². The maximum absolute atomic E-state index is 10.9. The van der Waals surface area contributed by atoms with Crippen molar-refractivity contribution in [3.8, 4) is 0 Å². The Morgan fingerprint density at radius 2 is 2.12 bits per heavy atom. The van der Waals surface area contributed by atoms with Crippen LogP contribution in [0.2, 0.25) is 0 Å². The number of hydrogen-bond acceptors (Lipinski definition) is 5. The lowest BCUT2D eigenvalue weighted by Crippen LogP contribution is -2.34. The first-order valence-electron chi connectivity index (χ1n) is 5.74. The van der Waals surface area contributed by atoms with Crippen LogP contribution in [0.25, 0.3) is 0 Å². The highest BCUT2D eigenvalue weighted by Gasteiger charge is 2.24. The van der Waals surface area contributed by atoms with Gasteiger partial charge in [-0.1, -0.05) is 6.92 Å². The lowest BCUT2D eigenvalue weighted by atomic mass is 9.99. The second kappa shape index (κ2) is 4.57. The molecule has 0 saturated carbocycles. The van der Waals surface area contributed by atoms with Gasteiger partial charge >= 0.3 is 5.69 Å². The first-order valence-corrected chi connectivity index (χ1v) is 5.74. The smallest absolute Gasteiger partial charge is 0.311 e. The fourth-order valence-corrected chi connectivity index (χ4v) is 2.05. The summed E-state index contributed by atoms with van der Waals surface area (Å²) in [4.78, 5) is 16.6. The topological polar surface area (TPSA) is 85.3 Å². The molecular weight excluding hydrogens is 220 g/mol. The maximum atomic E-state index is 10.9. The molecule has 2 rings (SSSR count). The summed E-state index contributed by atoms with van der Waals surface area (Å²) < 4.78 is 0. The standard InChI is InChI=1S/C11H16N4O2/c1-8-4-6-14(7-5-8)11-9(15(16)17)2-3-10(12)13-11/h2-3,8H,4-7H2,1H3,(H2,12,13). The number of nitrogens with zero attached hydrogens (tertiary/aromatic N) is 3. The van der Waals surface area contributed by atoms with Gasteiger partial charge in [0.15, 0.2) is 0 Å². The molecule has 1 fully saturated rings. The first kappa shape index (κ1) is 11.6. The molecule has 0 bridgehead atoms. The van der Waals surface area contributed by atoms with Crippen molar-refractivity contribution >= 4 is 17.3 Å². The molecule has 0 aromatic carbocycles. The molecule has 1 saturated heterocycles. The van der Waals surface area contributed by atoms with E-state index in [4.69, 9.17) is 5.73 Å². The number of nitro groups is 1. The van der Waals surface area contributed by atoms with E-state index in [1.165, 1.54) is 12.1 Å². The summed E-state index contributed by atoms with van der Waals surface area (Å²) in [7, 11) is 0. The Kier molecular flexibility index (Phi) is 3.12. The summed E-state index contributed by atoms with van der Waals surface area (Å²) in [5.74, 6) is 1.40. The fourth-order valence-electron chi connectivity index (χ4n) is 2.05. The molecule has 6 heteroatoms. The number of anilines is 2. The Labute approximate surface area is 99.6 Å². The van der Waals surface area contributed by atoms with Gasteiger partial charge in [0.25, 0.3) is 0 Å². The van der Waals surface area contributed by atoms with Crippen molar-refractivity contribution in [3.05, 3.63) is 22.2 Å². The third-order valence-electron chi connectivity index (χ3n) is 3.16. The second-order valence-corrected chi connectivity index (χ2v) is 4.51. The Hall–Kier alpha value is -1.85. The Morgan fingerprint density at radius 1 is 1.47 bits per heavy atom. The maximum Gasteiger partial charge on any atom is 0.311 e. The molecule has 0 amide bonds. The first-order chi connectivity index (χ1) is 8.08. The van der Waals surface area contributed by atoms with Crippen LogP contribution in [-0.2, 0) is 0 Å². The average Bonchev–Trinajstić information content (AvgIpc) is 2.29. The minimum Gasteiger partial charge on any atom is -0.384 e. The van der Waals surface area contributed by atoms with E-state index < -0.39 is 4.92 Å². The van der Waals surface area contributed by atoms with Crippen LogP contribution in [0, 0.1) is 16.0 Å². The Morgan fingerprint density at radius 3 is 2.71 bits per heavy atom. The van der Waals surface area contributed by atoms with Gasteiger partial charge in [0.2, 0.25) is 5.82 Å². The number of nitrogens with two attached hydrogens (primary N) is 1. The highest BCUT2D eigenvalue weighted by Crippen LogP contribution is 2.30. The Balaban J connectivity index is 2.30. The molecule has 2 heterocycles. The highest BCUT2D eigenvalue weighted by atomic mass is 16.6. The van der Waals surface area contributed by atoms with Crippen LogP contribution < -0.4 is 10.6 Å². The van der Waals surface area contributed by atoms with Crippen molar-refractivity contribution in [3.63, 3.8) is 0 Å². The number of nitrogen functional groups attached to an aromatic ring is 1. The largest absolute Gasteiger partial charge is 0.384 e. The zero-order valence-electron chi connectivity index (χ0n) is 9.80. The SMILES string of the molecule is CC1CCN(c2nc(N)ccc2[N+](=O)[O-])CC1.